The number of hydrogen-bond donors (Lipinski definition) is 0. The summed E-state index contributed by atoms with van der Waals surface area (Å²) < 4.78 is 12.6. The van der Waals surface area contributed by atoms with Crippen molar-refractivity contribution in [1.29, 1.82) is 0 Å². The molecule has 5 heteroatoms. The van der Waals surface area contributed by atoms with Crippen molar-refractivity contribution in [1.82, 2.24) is 15.0 Å². The molecule has 0 aliphatic carbocycles. The molecule has 8 aromatic carbocycles. The third kappa shape index (κ3) is 3.98. The van der Waals surface area contributed by atoms with Gasteiger partial charge in [-0.2, -0.15) is 0 Å². The minimum Gasteiger partial charge on any atom is -0.456 e. The van der Waals surface area contributed by atoms with Crippen LogP contribution in [0.2, 0.25) is 0 Å². The van der Waals surface area contributed by atoms with Crippen LogP contribution in [0.1, 0.15) is 0 Å². The first-order valence-corrected chi connectivity index (χ1v) is 16.7. The number of hydrogen-bond acceptors (Lipinski definition) is 5. The van der Waals surface area contributed by atoms with Crippen molar-refractivity contribution in [2.75, 3.05) is 0 Å². The molecule has 11 rings (SSSR count). The molecule has 5 nitrogen and oxygen atoms in total. The van der Waals surface area contributed by atoms with Crippen LogP contribution in [0.5, 0.6) is 0 Å². The van der Waals surface area contributed by atoms with Crippen molar-refractivity contribution in [2.45, 2.75) is 0 Å². The number of para-hydroxylation sites is 2. The number of nitrogens with zero attached hydrogens (tertiary/aromatic N) is 3. The second-order valence-corrected chi connectivity index (χ2v) is 12.7. The van der Waals surface area contributed by atoms with E-state index in [9.17, 15) is 0 Å². The minimum absolute atomic E-state index is 0.569. The Hall–Kier alpha value is -6.85. The average molecular weight is 640 g/mol. The Labute approximate surface area is 285 Å². The Morgan fingerprint density at radius 2 is 0.700 bits per heavy atom. The molecule has 0 unspecified atom stereocenters. The van der Waals surface area contributed by atoms with E-state index >= 15 is 0 Å². The van der Waals surface area contributed by atoms with Crippen LogP contribution in [0, 0.1) is 0 Å². The summed E-state index contributed by atoms with van der Waals surface area (Å²) in [5, 5.41) is 11.3. The largest absolute Gasteiger partial charge is 0.456 e. The lowest BCUT2D eigenvalue weighted by Crippen LogP contribution is -2.01. The van der Waals surface area contributed by atoms with Crippen LogP contribution in [0.3, 0.4) is 0 Å². The van der Waals surface area contributed by atoms with Gasteiger partial charge in [0.25, 0.3) is 0 Å². The number of fused-ring (bicyclic) bond motifs is 12. The topological polar surface area (TPSA) is 65.0 Å². The zero-order chi connectivity index (χ0) is 32.8. The predicted molar refractivity (Wildman–Crippen MR) is 203 cm³/mol. The lowest BCUT2D eigenvalue weighted by molar-refractivity contribution is 0.668. The van der Waals surface area contributed by atoms with Crippen LogP contribution >= 0.6 is 0 Å². The normalized spacial score (nSPS) is 12.0. The van der Waals surface area contributed by atoms with Crippen LogP contribution in [0.25, 0.3) is 110 Å². The molecule has 3 heterocycles. The first kappa shape index (κ1) is 27.1. The molecule has 0 N–H and O–H groups in total. The van der Waals surface area contributed by atoms with Crippen LogP contribution < -0.4 is 0 Å². The molecule has 3 aromatic heterocycles. The van der Waals surface area contributed by atoms with E-state index in [1.165, 1.54) is 16.2 Å². The predicted octanol–water partition coefficient (Wildman–Crippen LogP) is 12.1. The van der Waals surface area contributed by atoms with E-state index in [2.05, 4.69) is 103 Å². The SMILES string of the molecule is c1ccc2c(c1)oc1cc(-c3nc(-c4ccc5c(c4)oc4ccccc45)nc(-c4cccc5c6ccccc6c6ccccc6c45)n3)ccc12. The van der Waals surface area contributed by atoms with Gasteiger partial charge in [0, 0.05) is 43.6 Å². The number of benzene rings is 8. The molecule has 11 aromatic rings. The molecule has 0 saturated heterocycles. The highest BCUT2D eigenvalue weighted by Gasteiger charge is 2.19. The van der Waals surface area contributed by atoms with E-state index in [0.29, 0.717) is 17.5 Å². The van der Waals surface area contributed by atoms with Gasteiger partial charge in [-0.05, 0) is 63.3 Å². The molecule has 0 aliphatic rings. The molecule has 0 radical (unpaired) electrons. The Morgan fingerprint density at radius 1 is 0.300 bits per heavy atom. The van der Waals surface area contributed by atoms with Crippen LogP contribution in [-0.2, 0) is 0 Å². The summed E-state index contributed by atoms with van der Waals surface area (Å²) in [6.45, 7) is 0. The molecule has 0 amide bonds. The van der Waals surface area contributed by atoms with E-state index in [1.807, 2.05) is 48.5 Å². The lowest BCUT2D eigenvalue weighted by atomic mass is 9.91. The molecule has 0 bridgehead atoms. The Morgan fingerprint density at radius 3 is 1.24 bits per heavy atom. The van der Waals surface area contributed by atoms with Crippen molar-refractivity contribution in [2.24, 2.45) is 0 Å². The van der Waals surface area contributed by atoms with Crippen LogP contribution in [-0.4, -0.2) is 15.0 Å². The van der Waals surface area contributed by atoms with Crippen LogP contribution in [0.4, 0.5) is 0 Å². The zero-order valence-corrected chi connectivity index (χ0v) is 26.6. The summed E-state index contributed by atoms with van der Waals surface area (Å²) in [4.78, 5) is 15.5. The van der Waals surface area contributed by atoms with Gasteiger partial charge in [-0.25, -0.2) is 15.0 Å². The van der Waals surface area contributed by atoms with Crippen molar-refractivity contribution in [3.8, 4) is 34.2 Å². The van der Waals surface area contributed by atoms with Gasteiger partial charge < -0.3 is 8.83 Å². The Bertz CT molecular complexity index is 3000. The van der Waals surface area contributed by atoms with Crippen molar-refractivity contribution in [3.63, 3.8) is 0 Å². The fourth-order valence-corrected chi connectivity index (χ4v) is 7.63. The van der Waals surface area contributed by atoms with Gasteiger partial charge in [-0.15, -0.1) is 0 Å². The van der Waals surface area contributed by atoms with Gasteiger partial charge in [0.1, 0.15) is 22.3 Å². The van der Waals surface area contributed by atoms with Gasteiger partial charge >= 0.3 is 0 Å². The summed E-state index contributed by atoms with van der Waals surface area (Å²) in [6.07, 6.45) is 0. The number of furan rings is 2. The third-order valence-corrected chi connectivity index (χ3v) is 9.92. The fraction of sp³-hybridized carbons (Fsp3) is 0. The Kier molecular flexibility index (Phi) is 5.60. The van der Waals surface area contributed by atoms with Crippen molar-refractivity contribution in [3.05, 3.63) is 152 Å². The Balaban J connectivity index is 1.20. The molecule has 232 valence electrons. The maximum absolute atomic E-state index is 6.28. The summed E-state index contributed by atoms with van der Waals surface area (Å²) in [5.41, 5.74) is 5.93. The number of aromatic nitrogens is 3. The first-order valence-electron chi connectivity index (χ1n) is 16.7. The molecule has 0 saturated carbocycles. The lowest BCUT2D eigenvalue weighted by Gasteiger charge is -2.14. The first-order chi connectivity index (χ1) is 24.8. The average Bonchev–Trinajstić information content (AvgIpc) is 3.75. The van der Waals surface area contributed by atoms with E-state index < -0.39 is 0 Å². The van der Waals surface area contributed by atoms with Gasteiger partial charge in [0.2, 0.25) is 0 Å². The van der Waals surface area contributed by atoms with Gasteiger partial charge in [-0.1, -0.05) is 115 Å². The standard InChI is InChI=1S/C45H25N3O2/c1-2-11-30-28(10-1)29-12-3-4-15-35(29)42-36(30)16-9-17-37(42)45-47-43(26-20-22-33-31-13-5-7-18-38(31)49-40(33)24-26)46-44(48-45)27-21-23-34-32-14-6-8-19-39(32)50-41(34)25-27/h1-25H. The molecule has 50 heavy (non-hydrogen) atoms. The molecular formula is C45H25N3O2. The van der Waals surface area contributed by atoms with E-state index in [-0.39, 0.29) is 0 Å². The maximum Gasteiger partial charge on any atom is 0.164 e. The quantitative estimate of drug-likeness (QED) is 0.180. The van der Waals surface area contributed by atoms with Crippen molar-refractivity contribution < 1.29 is 8.83 Å². The highest BCUT2D eigenvalue weighted by molar-refractivity contribution is 6.28. The second kappa shape index (κ2) is 10.3. The van der Waals surface area contributed by atoms with E-state index in [1.54, 1.807) is 0 Å². The molecule has 0 fully saturated rings. The summed E-state index contributed by atoms with van der Waals surface area (Å²) in [6, 6.07) is 52.2. The van der Waals surface area contributed by atoms with Crippen LogP contribution in [0.15, 0.2) is 160 Å². The monoisotopic (exact) mass is 639 g/mol. The maximum atomic E-state index is 6.28. The fourth-order valence-electron chi connectivity index (χ4n) is 7.63. The summed E-state index contributed by atoms with van der Waals surface area (Å²) in [7, 11) is 0. The van der Waals surface area contributed by atoms with Gasteiger partial charge in [-0.3, -0.25) is 0 Å². The number of rotatable bonds is 3. The van der Waals surface area contributed by atoms with Crippen molar-refractivity contribution >= 4 is 76.2 Å². The molecule has 0 spiro atoms. The minimum atomic E-state index is 0.569. The highest BCUT2D eigenvalue weighted by Crippen LogP contribution is 2.41. The molecular weight excluding hydrogens is 615 g/mol. The van der Waals surface area contributed by atoms with E-state index in [0.717, 1.165) is 76.7 Å². The van der Waals surface area contributed by atoms with Gasteiger partial charge in [0.15, 0.2) is 17.5 Å². The second-order valence-electron chi connectivity index (χ2n) is 12.7. The summed E-state index contributed by atoms with van der Waals surface area (Å²) in [5.74, 6) is 1.74. The summed E-state index contributed by atoms with van der Waals surface area (Å²) >= 11 is 0. The smallest absolute Gasteiger partial charge is 0.164 e. The zero-order valence-electron chi connectivity index (χ0n) is 26.6. The third-order valence-electron chi connectivity index (χ3n) is 9.92. The van der Waals surface area contributed by atoms with E-state index in [4.69, 9.17) is 23.8 Å². The molecule has 0 aliphatic heterocycles. The highest BCUT2D eigenvalue weighted by atomic mass is 16.3. The van der Waals surface area contributed by atoms with Gasteiger partial charge in [0.05, 0.1) is 0 Å². The molecule has 0 atom stereocenters.